The number of imidazole rings is 1. The first-order chi connectivity index (χ1) is 10.3. The summed E-state index contributed by atoms with van der Waals surface area (Å²) in [7, 11) is 1.95. The van der Waals surface area contributed by atoms with E-state index in [9.17, 15) is 4.79 Å². The maximum Gasteiger partial charge on any atom is 0.272 e. The van der Waals surface area contributed by atoms with Crippen LogP contribution < -0.4 is 5.32 Å². The zero-order chi connectivity index (χ0) is 14.7. The standard InChI is InChI=1S/C16H20N4O.2ClH/c1-17-13-6-5-9-19(11-13)16(21)15-10-18-12-20(15)14-7-3-2-4-8-14;;/h2-4,7-8,10,12-13,17H,5-6,9,11H2,1H3;2*1H. The number of para-hydroxylation sites is 1. The van der Waals surface area contributed by atoms with Crippen LogP contribution in [-0.2, 0) is 0 Å². The van der Waals surface area contributed by atoms with Crippen molar-refractivity contribution in [2.75, 3.05) is 20.1 Å². The number of hydrogen-bond acceptors (Lipinski definition) is 3. The predicted molar refractivity (Wildman–Crippen MR) is 96.0 cm³/mol. The molecule has 2 heterocycles. The Labute approximate surface area is 148 Å². The zero-order valence-corrected chi connectivity index (χ0v) is 14.6. The van der Waals surface area contributed by atoms with Crippen LogP contribution in [0, 0.1) is 0 Å². The molecule has 1 aromatic heterocycles. The van der Waals surface area contributed by atoms with Gasteiger partial charge in [-0.25, -0.2) is 4.98 Å². The fourth-order valence-electron chi connectivity index (χ4n) is 2.81. The smallest absolute Gasteiger partial charge is 0.272 e. The largest absolute Gasteiger partial charge is 0.336 e. The molecule has 7 heteroatoms. The van der Waals surface area contributed by atoms with E-state index in [-0.39, 0.29) is 30.7 Å². The molecule has 1 aliphatic heterocycles. The third-order valence-corrected chi connectivity index (χ3v) is 4.01. The number of aromatic nitrogens is 2. The van der Waals surface area contributed by atoms with Crippen LogP contribution in [0.25, 0.3) is 5.69 Å². The maximum atomic E-state index is 12.8. The molecular weight excluding hydrogens is 335 g/mol. The maximum absolute atomic E-state index is 12.8. The Morgan fingerprint density at radius 2 is 2.00 bits per heavy atom. The number of rotatable bonds is 3. The molecule has 0 saturated carbocycles. The Kier molecular flexibility index (Phi) is 7.55. The normalized spacial score (nSPS) is 17.1. The number of piperidine rings is 1. The van der Waals surface area contributed by atoms with Gasteiger partial charge < -0.3 is 10.2 Å². The van der Waals surface area contributed by atoms with Gasteiger partial charge in [-0.15, -0.1) is 24.8 Å². The predicted octanol–water partition coefficient (Wildman–Crippen LogP) is 2.54. The van der Waals surface area contributed by atoms with E-state index in [1.165, 1.54) is 0 Å². The van der Waals surface area contributed by atoms with Crippen molar-refractivity contribution in [3.63, 3.8) is 0 Å². The summed E-state index contributed by atoms with van der Waals surface area (Å²) in [6, 6.07) is 10.2. The molecule has 0 spiro atoms. The molecule has 5 nitrogen and oxygen atoms in total. The van der Waals surface area contributed by atoms with Gasteiger partial charge in [-0.3, -0.25) is 9.36 Å². The third kappa shape index (κ3) is 4.25. The lowest BCUT2D eigenvalue weighted by Gasteiger charge is -2.32. The van der Waals surface area contributed by atoms with E-state index < -0.39 is 0 Å². The van der Waals surface area contributed by atoms with Crippen LogP contribution in [0.5, 0.6) is 0 Å². The third-order valence-electron chi connectivity index (χ3n) is 4.01. The van der Waals surface area contributed by atoms with Crippen LogP contribution in [-0.4, -0.2) is 46.5 Å². The van der Waals surface area contributed by atoms with Crippen LogP contribution >= 0.6 is 24.8 Å². The summed E-state index contributed by atoms with van der Waals surface area (Å²) in [5.74, 6) is 0.0521. The lowest BCUT2D eigenvalue weighted by Crippen LogP contribution is -2.47. The number of carbonyl (C=O) groups is 1. The van der Waals surface area contributed by atoms with Crippen molar-refractivity contribution in [2.45, 2.75) is 18.9 Å². The first-order valence-corrected chi connectivity index (χ1v) is 7.34. The molecule has 1 saturated heterocycles. The molecular formula is C16H22Cl2N4O. The molecule has 0 radical (unpaired) electrons. The number of nitrogens with zero attached hydrogens (tertiary/aromatic N) is 3. The van der Waals surface area contributed by atoms with Crippen molar-refractivity contribution in [2.24, 2.45) is 0 Å². The highest BCUT2D eigenvalue weighted by atomic mass is 35.5. The summed E-state index contributed by atoms with van der Waals surface area (Å²) >= 11 is 0. The topological polar surface area (TPSA) is 50.2 Å². The van der Waals surface area contributed by atoms with Crippen LogP contribution in [0.4, 0.5) is 0 Å². The first kappa shape index (κ1) is 19.5. The summed E-state index contributed by atoms with van der Waals surface area (Å²) < 4.78 is 1.85. The molecule has 3 rings (SSSR count). The molecule has 23 heavy (non-hydrogen) atoms. The van der Waals surface area contributed by atoms with E-state index in [4.69, 9.17) is 0 Å². The van der Waals surface area contributed by atoms with Gasteiger partial charge in [-0.1, -0.05) is 18.2 Å². The minimum Gasteiger partial charge on any atom is -0.336 e. The fraction of sp³-hybridized carbons (Fsp3) is 0.375. The first-order valence-electron chi connectivity index (χ1n) is 7.34. The van der Waals surface area contributed by atoms with E-state index in [1.807, 2.05) is 46.8 Å². The lowest BCUT2D eigenvalue weighted by molar-refractivity contribution is 0.0690. The summed E-state index contributed by atoms with van der Waals surface area (Å²) in [6.45, 7) is 1.58. The molecule has 2 aromatic rings. The Balaban J connectivity index is 0.00000132. The van der Waals surface area contributed by atoms with Crippen molar-refractivity contribution >= 4 is 30.7 Å². The van der Waals surface area contributed by atoms with Gasteiger partial charge in [0, 0.05) is 24.8 Å². The number of likely N-dealkylation sites (N-methyl/N-ethyl adjacent to an activating group) is 1. The van der Waals surface area contributed by atoms with E-state index >= 15 is 0 Å². The van der Waals surface area contributed by atoms with Gasteiger partial charge in [0.2, 0.25) is 0 Å². The van der Waals surface area contributed by atoms with Crippen LogP contribution in [0.15, 0.2) is 42.9 Å². The van der Waals surface area contributed by atoms with Crippen molar-refractivity contribution in [3.8, 4) is 5.69 Å². The van der Waals surface area contributed by atoms with Gasteiger partial charge in [-0.2, -0.15) is 0 Å². The van der Waals surface area contributed by atoms with Crippen molar-refractivity contribution in [1.29, 1.82) is 0 Å². The van der Waals surface area contributed by atoms with E-state index in [2.05, 4.69) is 10.3 Å². The SMILES string of the molecule is CNC1CCCN(C(=O)c2cncn2-c2ccccc2)C1.Cl.Cl. The Morgan fingerprint density at radius 3 is 2.70 bits per heavy atom. The summed E-state index contributed by atoms with van der Waals surface area (Å²) in [5, 5.41) is 3.26. The van der Waals surface area contributed by atoms with Gasteiger partial charge in [0.1, 0.15) is 5.69 Å². The number of hydrogen-bond donors (Lipinski definition) is 1. The van der Waals surface area contributed by atoms with Gasteiger partial charge >= 0.3 is 0 Å². The molecule has 0 bridgehead atoms. The molecule has 126 valence electrons. The summed E-state index contributed by atoms with van der Waals surface area (Å²) in [5.41, 5.74) is 1.58. The van der Waals surface area contributed by atoms with Crippen LogP contribution in [0.2, 0.25) is 0 Å². The molecule has 1 aliphatic rings. The second kappa shape index (κ2) is 8.91. The highest BCUT2D eigenvalue weighted by molar-refractivity contribution is 5.93. The molecule has 1 unspecified atom stereocenters. The van der Waals surface area contributed by atoms with E-state index in [0.29, 0.717) is 11.7 Å². The molecule has 1 fully saturated rings. The highest BCUT2D eigenvalue weighted by Gasteiger charge is 2.25. The van der Waals surface area contributed by atoms with Crippen molar-refractivity contribution in [3.05, 3.63) is 48.5 Å². The summed E-state index contributed by atoms with van der Waals surface area (Å²) in [6.07, 6.45) is 5.51. The Morgan fingerprint density at radius 1 is 1.26 bits per heavy atom. The fourth-order valence-corrected chi connectivity index (χ4v) is 2.81. The molecule has 0 aliphatic carbocycles. The quantitative estimate of drug-likeness (QED) is 0.919. The number of benzene rings is 1. The second-order valence-electron chi connectivity index (χ2n) is 5.36. The molecule has 1 aromatic carbocycles. The lowest BCUT2D eigenvalue weighted by atomic mass is 10.1. The van der Waals surface area contributed by atoms with Gasteiger partial charge in [0.15, 0.2) is 0 Å². The average molecular weight is 357 g/mol. The minimum absolute atomic E-state index is 0. The van der Waals surface area contributed by atoms with Gasteiger partial charge in [0.25, 0.3) is 5.91 Å². The average Bonchev–Trinajstić information content (AvgIpc) is 3.04. The molecule has 1 N–H and O–H groups in total. The van der Waals surface area contributed by atoms with Crippen LogP contribution in [0.1, 0.15) is 23.3 Å². The molecule has 1 atom stereocenters. The number of carbonyl (C=O) groups excluding carboxylic acids is 1. The highest BCUT2D eigenvalue weighted by Crippen LogP contribution is 2.16. The van der Waals surface area contributed by atoms with Gasteiger partial charge in [0.05, 0.1) is 12.5 Å². The van der Waals surface area contributed by atoms with Gasteiger partial charge in [-0.05, 0) is 32.0 Å². The zero-order valence-electron chi connectivity index (χ0n) is 13.0. The number of amides is 1. The Bertz CT molecular complexity index is 618. The number of likely N-dealkylation sites (tertiary alicyclic amines) is 1. The summed E-state index contributed by atoms with van der Waals surface area (Å²) in [4.78, 5) is 18.8. The van der Waals surface area contributed by atoms with Crippen molar-refractivity contribution < 1.29 is 4.79 Å². The van der Waals surface area contributed by atoms with Crippen LogP contribution in [0.3, 0.4) is 0 Å². The second-order valence-corrected chi connectivity index (χ2v) is 5.36. The van der Waals surface area contributed by atoms with Crippen molar-refractivity contribution in [1.82, 2.24) is 19.8 Å². The number of halogens is 2. The van der Waals surface area contributed by atoms with E-state index in [1.54, 1.807) is 12.5 Å². The minimum atomic E-state index is 0. The monoisotopic (exact) mass is 356 g/mol. The Hall–Kier alpha value is -1.56. The molecule has 1 amide bonds. The number of nitrogens with one attached hydrogen (secondary N) is 1. The van der Waals surface area contributed by atoms with E-state index in [0.717, 1.165) is 31.6 Å².